The molecule has 0 radical (unpaired) electrons. The fourth-order valence-electron chi connectivity index (χ4n) is 4.50. The molecule has 0 saturated carbocycles. The molecule has 0 atom stereocenters. The monoisotopic (exact) mass is 603 g/mol. The number of benzene rings is 2. The number of carbonyl (C=O) groups is 1. The van der Waals surface area contributed by atoms with E-state index in [-0.39, 0.29) is 21.3 Å². The molecule has 0 aliphatic heterocycles. The molecule has 14 heteroatoms. The van der Waals surface area contributed by atoms with Crippen molar-refractivity contribution in [2.24, 2.45) is 0 Å². The van der Waals surface area contributed by atoms with E-state index in [0.717, 1.165) is 21.6 Å². The summed E-state index contributed by atoms with van der Waals surface area (Å²) in [5, 5.41) is 9.61. The minimum atomic E-state index is -3.96. The number of halogens is 1. The number of pyridine rings is 1. The molecule has 0 saturated heterocycles. The van der Waals surface area contributed by atoms with Gasteiger partial charge >= 0.3 is 0 Å². The topological polar surface area (TPSA) is 150 Å². The predicted octanol–water partition coefficient (Wildman–Crippen LogP) is 4.81. The summed E-state index contributed by atoms with van der Waals surface area (Å²) in [6.07, 6.45) is 2.83. The zero-order chi connectivity index (χ0) is 28.9. The summed E-state index contributed by atoms with van der Waals surface area (Å²) >= 11 is 7.25. The Kier molecular flexibility index (Phi) is 6.56. The normalized spacial score (nSPS) is 11.7. The minimum absolute atomic E-state index is 0.0540. The third-order valence-corrected chi connectivity index (χ3v) is 8.94. The van der Waals surface area contributed by atoms with Crippen molar-refractivity contribution in [3.63, 3.8) is 0 Å². The number of fused-ring (bicyclic) bond motifs is 3. The van der Waals surface area contributed by atoms with Crippen molar-refractivity contribution in [2.75, 3.05) is 4.72 Å². The maximum Gasteiger partial charge on any atom is 0.292 e. The van der Waals surface area contributed by atoms with E-state index in [2.05, 4.69) is 30.0 Å². The van der Waals surface area contributed by atoms with E-state index in [4.69, 9.17) is 11.6 Å². The number of aryl methyl sites for hydroxylation is 1. The molecule has 6 aromatic rings. The SMILES string of the molecule is CC(=O)c1c(C)nc2sc3c(=O)n(-c4ccc(S(=O)(=O)Nc5ncccn5)cc4)nnc3c2c1-c1ccc(Cl)cc1. The largest absolute Gasteiger partial charge is 0.294 e. The molecule has 0 unspecified atom stereocenters. The molecule has 204 valence electrons. The first kappa shape index (κ1) is 26.6. The van der Waals surface area contributed by atoms with Crippen molar-refractivity contribution in [1.82, 2.24) is 29.9 Å². The third-order valence-electron chi connectivity index (χ3n) is 6.28. The average molecular weight is 604 g/mol. The summed E-state index contributed by atoms with van der Waals surface area (Å²) in [4.78, 5) is 39.2. The Labute approximate surface area is 241 Å². The second-order valence-electron chi connectivity index (χ2n) is 8.95. The number of anilines is 1. The Hall–Kier alpha value is -4.59. The van der Waals surface area contributed by atoms with Gasteiger partial charge in [0.15, 0.2) is 5.78 Å². The Bertz CT molecular complexity index is 2150. The lowest BCUT2D eigenvalue weighted by molar-refractivity contribution is 0.101. The van der Waals surface area contributed by atoms with Crippen LogP contribution in [0.4, 0.5) is 5.95 Å². The van der Waals surface area contributed by atoms with E-state index < -0.39 is 15.6 Å². The minimum Gasteiger partial charge on any atom is -0.294 e. The van der Waals surface area contributed by atoms with Crippen molar-refractivity contribution in [3.05, 3.63) is 93.6 Å². The van der Waals surface area contributed by atoms with Crippen LogP contribution in [-0.4, -0.2) is 44.1 Å². The highest BCUT2D eigenvalue weighted by molar-refractivity contribution is 7.92. The summed E-state index contributed by atoms with van der Waals surface area (Å²) in [5.41, 5.74) is 2.46. The van der Waals surface area contributed by atoms with Crippen LogP contribution in [0.3, 0.4) is 0 Å². The third kappa shape index (κ3) is 4.73. The molecular formula is C27H18ClN7O4S2. The highest BCUT2D eigenvalue weighted by Gasteiger charge is 2.24. The molecule has 0 fully saturated rings. The number of hydrogen-bond acceptors (Lipinski definition) is 10. The van der Waals surface area contributed by atoms with Crippen molar-refractivity contribution >= 4 is 65.1 Å². The molecule has 11 nitrogen and oxygen atoms in total. The van der Waals surface area contributed by atoms with E-state index in [9.17, 15) is 18.0 Å². The number of hydrogen-bond donors (Lipinski definition) is 1. The van der Waals surface area contributed by atoms with Gasteiger partial charge < -0.3 is 0 Å². The lowest BCUT2D eigenvalue weighted by Gasteiger charge is -2.12. The van der Waals surface area contributed by atoms with Crippen LogP contribution in [-0.2, 0) is 10.0 Å². The Balaban J connectivity index is 1.48. The molecule has 41 heavy (non-hydrogen) atoms. The van der Waals surface area contributed by atoms with Gasteiger partial charge in [-0.3, -0.25) is 9.59 Å². The van der Waals surface area contributed by atoms with Crippen molar-refractivity contribution < 1.29 is 13.2 Å². The lowest BCUT2D eigenvalue weighted by atomic mass is 9.94. The predicted molar refractivity (Wildman–Crippen MR) is 156 cm³/mol. The molecule has 4 aromatic heterocycles. The van der Waals surface area contributed by atoms with Crippen LogP contribution in [0, 0.1) is 6.92 Å². The van der Waals surface area contributed by atoms with E-state index >= 15 is 0 Å². The van der Waals surface area contributed by atoms with E-state index in [1.165, 1.54) is 43.6 Å². The number of aromatic nitrogens is 6. The quantitative estimate of drug-likeness (QED) is 0.264. The molecule has 0 amide bonds. The lowest BCUT2D eigenvalue weighted by Crippen LogP contribution is -2.22. The van der Waals surface area contributed by atoms with Crippen LogP contribution in [0.25, 0.3) is 37.2 Å². The fraction of sp³-hybridized carbons (Fsp3) is 0.0741. The number of nitrogens with one attached hydrogen (secondary N) is 1. The second kappa shape index (κ2) is 10.1. The first-order chi connectivity index (χ1) is 19.6. The molecule has 6 rings (SSSR count). The van der Waals surface area contributed by atoms with Crippen LogP contribution >= 0.6 is 22.9 Å². The molecule has 2 aromatic carbocycles. The Morgan fingerprint density at radius 3 is 2.37 bits per heavy atom. The Morgan fingerprint density at radius 2 is 1.71 bits per heavy atom. The van der Waals surface area contributed by atoms with Gasteiger partial charge in [-0.15, -0.1) is 16.4 Å². The van der Waals surface area contributed by atoms with Crippen LogP contribution in [0.2, 0.25) is 5.02 Å². The number of nitrogens with zero attached hydrogens (tertiary/aromatic N) is 6. The van der Waals surface area contributed by atoms with Crippen molar-refractivity contribution in [2.45, 2.75) is 18.7 Å². The first-order valence-electron chi connectivity index (χ1n) is 12.0. The summed E-state index contributed by atoms with van der Waals surface area (Å²) in [6.45, 7) is 3.22. The van der Waals surface area contributed by atoms with E-state index in [1.54, 1.807) is 37.3 Å². The Morgan fingerprint density at radius 1 is 1.02 bits per heavy atom. The number of rotatable bonds is 6. The van der Waals surface area contributed by atoms with E-state index in [1.807, 2.05) is 0 Å². The van der Waals surface area contributed by atoms with Gasteiger partial charge in [0.05, 0.1) is 16.3 Å². The van der Waals surface area contributed by atoms with Crippen LogP contribution in [0.5, 0.6) is 0 Å². The molecule has 0 aliphatic rings. The van der Waals surface area contributed by atoms with E-state index in [0.29, 0.717) is 43.3 Å². The van der Waals surface area contributed by atoms with Crippen molar-refractivity contribution in [1.29, 1.82) is 0 Å². The van der Waals surface area contributed by atoms with Crippen LogP contribution in [0.1, 0.15) is 23.0 Å². The summed E-state index contributed by atoms with van der Waals surface area (Å²) in [6, 6.07) is 14.2. The number of sulfonamides is 1. The number of thiophene rings is 1. The molecule has 0 aliphatic carbocycles. The van der Waals surface area contributed by atoms with Gasteiger partial charge in [0.2, 0.25) is 5.95 Å². The number of Topliss-reactive ketones (excluding diaryl/α,β-unsaturated/α-hetero) is 1. The van der Waals surface area contributed by atoms with Gasteiger partial charge in [-0.05, 0) is 61.9 Å². The molecule has 0 spiro atoms. The maximum absolute atomic E-state index is 13.6. The highest BCUT2D eigenvalue weighted by Crippen LogP contribution is 2.40. The van der Waals surface area contributed by atoms with Gasteiger partial charge in [0.1, 0.15) is 15.0 Å². The number of ketones is 1. The molecule has 1 N–H and O–H groups in total. The maximum atomic E-state index is 13.6. The molecule has 0 bridgehead atoms. The van der Waals surface area contributed by atoms with Gasteiger partial charge in [0, 0.05) is 33.9 Å². The van der Waals surface area contributed by atoms with Gasteiger partial charge in [-0.1, -0.05) is 28.9 Å². The molecular weight excluding hydrogens is 586 g/mol. The molecule has 4 heterocycles. The number of carbonyl (C=O) groups excluding carboxylic acids is 1. The average Bonchev–Trinajstić information content (AvgIpc) is 3.32. The summed E-state index contributed by atoms with van der Waals surface area (Å²) in [7, 11) is -3.96. The second-order valence-corrected chi connectivity index (χ2v) is 12.1. The summed E-state index contributed by atoms with van der Waals surface area (Å²) < 4.78 is 29.1. The standard InChI is InChI=1S/C27H18ClN7O4S2/c1-14-20(15(2)36)21(16-4-6-17(28)7-5-16)22-23-24(40-25(22)31-14)26(37)35(34-32-23)18-8-10-19(11-9-18)41(38,39)33-27-29-12-3-13-30-27/h3-13H,1-2H3,(H,29,30,33). The zero-order valence-electron chi connectivity index (χ0n) is 21.4. The van der Waals surface area contributed by atoms with Crippen LogP contribution in [0.15, 0.2) is 76.7 Å². The van der Waals surface area contributed by atoms with Gasteiger partial charge in [-0.2, -0.15) is 4.68 Å². The van der Waals surface area contributed by atoms with Crippen molar-refractivity contribution in [3.8, 4) is 16.8 Å². The van der Waals surface area contributed by atoms with Gasteiger partial charge in [-0.25, -0.2) is 28.1 Å². The highest BCUT2D eigenvalue weighted by atomic mass is 35.5. The smallest absolute Gasteiger partial charge is 0.292 e. The zero-order valence-corrected chi connectivity index (χ0v) is 23.8. The summed E-state index contributed by atoms with van der Waals surface area (Å²) in [5.74, 6) is -0.241. The fourth-order valence-corrected chi connectivity index (χ4v) is 6.67. The van der Waals surface area contributed by atoms with Gasteiger partial charge in [0.25, 0.3) is 15.6 Å². The van der Waals surface area contributed by atoms with Crippen LogP contribution < -0.4 is 10.3 Å². The first-order valence-corrected chi connectivity index (χ1v) is 14.7.